The largest absolute Gasteiger partial charge is 0.368 e. The number of carbonyl (C=O) groups excluding carboxylic acids is 2. The molecule has 1 aliphatic carbocycles. The van der Waals surface area contributed by atoms with Crippen LogP contribution in [0.5, 0.6) is 0 Å². The molecule has 3 aromatic rings. The highest BCUT2D eigenvalue weighted by Gasteiger charge is 2.35. The topological polar surface area (TPSA) is 149 Å². The highest BCUT2D eigenvalue weighted by atomic mass is 16.1. The van der Waals surface area contributed by atoms with Gasteiger partial charge in [0.1, 0.15) is 11.9 Å². The normalized spacial score (nSPS) is 14.4. The zero-order valence-electron chi connectivity index (χ0n) is 14.9. The van der Waals surface area contributed by atoms with Crippen molar-refractivity contribution in [2.24, 2.45) is 17.4 Å². The lowest BCUT2D eigenvalue weighted by molar-refractivity contribution is -0.119. The molecule has 1 fully saturated rings. The van der Waals surface area contributed by atoms with Crippen molar-refractivity contribution in [3.05, 3.63) is 48.5 Å². The average Bonchev–Trinajstić information content (AvgIpc) is 3.51. The molecule has 1 aliphatic rings. The number of amides is 2. The van der Waals surface area contributed by atoms with Gasteiger partial charge >= 0.3 is 0 Å². The second kappa shape index (κ2) is 7.10. The van der Waals surface area contributed by atoms with E-state index >= 15 is 0 Å². The van der Waals surface area contributed by atoms with Crippen LogP contribution in [0, 0.1) is 5.92 Å². The molecule has 9 nitrogen and oxygen atoms in total. The van der Waals surface area contributed by atoms with Crippen molar-refractivity contribution in [1.29, 1.82) is 0 Å². The lowest BCUT2D eigenvalue weighted by Crippen LogP contribution is -2.37. The number of nitrogens with two attached hydrogens (primary N) is 2. The molecule has 1 atom stereocenters. The Labute approximate surface area is 160 Å². The minimum Gasteiger partial charge on any atom is -0.368 e. The number of fused-ring (bicyclic) bond motifs is 1. The maximum Gasteiger partial charge on any atom is 0.271 e. The Morgan fingerprint density at radius 3 is 2.64 bits per heavy atom. The second-order valence-corrected chi connectivity index (χ2v) is 6.74. The van der Waals surface area contributed by atoms with Crippen LogP contribution < -0.4 is 22.1 Å². The smallest absolute Gasteiger partial charge is 0.271 e. The van der Waals surface area contributed by atoms with Crippen LogP contribution in [0.1, 0.15) is 23.3 Å². The number of carbonyl (C=O) groups is 2. The Bertz CT molecular complexity index is 1070. The molecule has 2 heterocycles. The van der Waals surface area contributed by atoms with E-state index in [1.807, 2.05) is 24.3 Å². The van der Waals surface area contributed by atoms with Gasteiger partial charge in [-0.05, 0) is 42.3 Å². The maximum atomic E-state index is 11.8. The van der Waals surface area contributed by atoms with Crippen LogP contribution in [0.4, 0.5) is 17.3 Å². The summed E-state index contributed by atoms with van der Waals surface area (Å²) in [5.41, 5.74) is 11.6. The average molecular weight is 377 g/mol. The van der Waals surface area contributed by atoms with E-state index in [4.69, 9.17) is 11.5 Å². The number of nitrogens with one attached hydrogen (secondary N) is 2. The van der Waals surface area contributed by atoms with Gasteiger partial charge in [-0.3, -0.25) is 14.6 Å². The van der Waals surface area contributed by atoms with Crippen LogP contribution in [0.25, 0.3) is 10.8 Å². The minimum absolute atomic E-state index is 0.00224. The van der Waals surface area contributed by atoms with E-state index in [0.29, 0.717) is 11.5 Å². The Kier molecular flexibility index (Phi) is 4.48. The van der Waals surface area contributed by atoms with Gasteiger partial charge in [-0.15, -0.1) is 0 Å². The molecule has 0 aliphatic heterocycles. The van der Waals surface area contributed by atoms with E-state index in [2.05, 4.69) is 25.6 Å². The summed E-state index contributed by atoms with van der Waals surface area (Å²) in [6.07, 6.45) is 6.71. The predicted octanol–water partition coefficient (Wildman–Crippen LogP) is 1.54. The lowest BCUT2D eigenvalue weighted by Gasteiger charge is -2.16. The number of benzene rings is 1. The summed E-state index contributed by atoms with van der Waals surface area (Å²) in [5, 5.41) is 8.06. The van der Waals surface area contributed by atoms with E-state index in [1.165, 1.54) is 6.20 Å². The molecule has 1 aromatic carbocycles. The summed E-state index contributed by atoms with van der Waals surface area (Å²) in [6.45, 7) is 0. The molecule has 28 heavy (non-hydrogen) atoms. The summed E-state index contributed by atoms with van der Waals surface area (Å²) in [6, 6.07) is 7.01. The number of pyridine rings is 1. The number of nitrogens with zero attached hydrogens (tertiary/aromatic N) is 3. The van der Waals surface area contributed by atoms with Crippen molar-refractivity contribution in [1.82, 2.24) is 15.0 Å². The van der Waals surface area contributed by atoms with Gasteiger partial charge in [0.15, 0.2) is 11.5 Å². The first-order chi connectivity index (χ1) is 13.5. The highest BCUT2D eigenvalue weighted by molar-refractivity contribution is 5.97. The summed E-state index contributed by atoms with van der Waals surface area (Å²) >= 11 is 0. The van der Waals surface area contributed by atoms with Crippen LogP contribution in [0.15, 0.2) is 42.9 Å². The minimum atomic E-state index is -0.708. The number of aromatic nitrogens is 3. The number of primary amides is 2. The Hall–Kier alpha value is -3.75. The molecule has 0 saturated heterocycles. The van der Waals surface area contributed by atoms with Gasteiger partial charge in [0.05, 0.1) is 6.20 Å². The molecule has 0 bridgehead atoms. The maximum absolute atomic E-state index is 11.8. The standard InChI is InChI=1S/C19H19N7O2/c20-17(27)15(10-1-2-10)25-14-9-23-16(18(21)28)19(26-14)24-13-4-3-12-8-22-6-5-11(12)7-13/h3-10,15H,1-2H2,(H2,20,27)(H2,21,28)(H2,24,25,26). The molecule has 4 rings (SSSR count). The van der Waals surface area contributed by atoms with Crippen molar-refractivity contribution in [2.45, 2.75) is 18.9 Å². The van der Waals surface area contributed by atoms with Crippen LogP contribution in [0.2, 0.25) is 0 Å². The van der Waals surface area contributed by atoms with Crippen molar-refractivity contribution >= 4 is 39.9 Å². The van der Waals surface area contributed by atoms with E-state index in [1.54, 1.807) is 12.4 Å². The zero-order valence-corrected chi connectivity index (χ0v) is 14.9. The SMILES string of the molecule is NC(=O)c1ncc(NC(C(N)=O)C2CC2)nc1Nc1ccc2cnccc2c1. The Morgan fingerprint density at radius 1 is 1.11 bits per heavy atom. The first-order valence-electron chi connectivity index (χ1n) is 8.85. The molecule has 2 aromatic heterocycles. The molecule has 2 amide bonds. The van der Waals surface area contributed by atoms with Crippen molar-refractivity contribution < 1.29 is 9.59 Å². The fourth-order valence-corrected chi connectivity index (χ4v) is 3.03. The van der Waals surface area contributed by atoms with Gasteiger partial charge in [0.2, 0.25) is 5.91 Å². The molecule has 6 N–H and O–H groups in total. The fraction of sp³-hybridized carbons (Fsp3) is 0.211. The molecular weight excluding hydrogens is 358 g/mol. The number of rotatable bonds is 7. The van der Waals surface area contributed by atoms with Gasteiger partial charge in [0.25, 0.3) is 5.91 Å². The third-order valence-electron chi connectivity index (χ3n) is 4.61. The number of anilines is 3. The van der Waals surface area contributed by atoms with Crippen LogP contribution in [-0.2, 0) is 4.79 Å². The van der Waals surface area contributed by atoms with Crippen molar-refractivity contribution in [3.63, 3.8) is 0 Å². The van der Waals surface area contributed by atoms with Gasteiger partial charge < -0.3 is 22.1 Å². The molecule has 1 saturated carbocycles. The molecular formula is C19H19N7O2. The zero-order chi connectivity index (χ0) is 19.7. The summed E-state index contributed by atoms with van der Waals surface area (Å²) in [4.78, 5) is 36.0. The summed E-state index contributed by atoms with van der Waals surface area (Å²) in [7, 11) is 0. The molecule has 142 valence electrons. The van der Waals surface area contributed by atoms with Crippen LogP contribution >= 0.6 is 0 Å². The van der Waals surface area contributed by atoms with Gasteiger partial charge in [-0.2, -0.15) is 0 Å². The first kappa shape index (κ1) is 17.7. The highest BCUT2D eigenvalue weighted by Crippen LogP contribution is 2.34. The third-order valence-corrected chi connectivity index (χ3v) is 4.61. The predicted molar refractivity (Wildman–Crippen MR) is 105 cm³/mol. The lowest BCUT2D eigenvalue weighted by atomic mass is 10.1. The molecule has 0 spiro atoms. The number of hydrogen-bond acceptors (Lipinski definition) is 7. The monoisotopic (exact) mass is 377 g/mol. The molecule has 9 heteroatoms. The van der Waals surface area contributed by atoms with E-state index in [-0.39, 0.29) is 17.4 Å². The van der Waals surface area contributed by atoms with Gasteiger partial charge in [-0.1, -0.05) is 6.07 Å². The van der Waals surface area contributed by atoms with E-state index in [0.717, 1.165) is 23.6 Å². The van der Waals surface area contributed by atoms with E-state index < -0.39 is 17.9 Å². The summed E-state index contributed by atoms with van der Waals surface area (Å²) in [5.74, 6) is -0.417. The summed E-state index contributed by atoms with van der Waals surface area (Å²) < 4.78 is 0. The van der Waals surface area contributed by atoms with E-state index in [9.17, 15) is 9.59 Å². The quantitative estimate of drug-likeness (QED) is 0.488. The van der Waals surface area contributed by atoms with Crippen molar-refractivity contribution in [3.8, 4) is 0 Å². The van der Waals surface area contributed by atoms with Gasteiger partial charge in [0, 0.05) is 23.5 Å². The Morgan fingerprint density at radius 2 is 1.93 bits per heavy atom. The second-order valence-electron chi connectivity index (χ2n) is 6.74. The fourth-order valence-electron chi connectivity index (χ4n) is 3.03. The first-order valence-corrected chi connectivity index (χ1v) is 8.85. The van der Waals surface area contributed by atoms with Gasteiger partial charge in [-0.25, -0.2) is 9.97 Å². The van der Waals surface area contributed by atoms with Crippen LogP contribution in [-0.4, -0.2) is 32.8 Å². The number of hydrogen-bond donors (Lipinski definition) is 4. The van der Waals surface area contributed by atoms with Crippen LogP contribution in [0.3, 0.4) is 0 Å². The third kappa shape index (κ3) is 3.68. The van der Waals surface area contributed by atoms with Crippen molar-refractivity contribution in [2.75, 3.05) is 10.6 Å². The molecule has 1 unspecified atom stereocenters. The molecule has 0 radical (unpaired) electrons. The Balaban J connectivity index is 1.65.